The fourth-order valence-corrected chi connectivity index (χ4v) is 4.35. The summed E-state index contributed by atoms with van der Waals surface area (Å²) in [6.45, 7) is 4.09. The van der Waals surface area contributed by atoms with Crippen molar-refractivity contribution in [1.82, 2.24) is 10.3 Å². The molecule has 0 saturated carbocycles. The van der Waals surface area contributed by atoms with Gasteiger partial charge in [0.2, 0.25) is 5.91 Å². The molecular weight excluding hydrogens is 400 g/mol. The van der Waals surface area contributed by atoms with Crippen LogP contribution in [0.4, 0.5) is 5.69 Å². The second-order valence-corrected chi connectivity index (χ2v) is 8.17. The van der Waals surface area contributed by atoms with Gasteiger partial charge in [0.15, 0.2) is 0 Å². The Morgan fingerprint density at radius 3 is 2.75 bits per heavy atom. The highest BCUT2D eigenvalue weighted by atomic mass is 16.5. The van der Waals surface area contributed by atoms with Crippen LogP contribution in [0.2, 0.25) is 0 Å². The van der Waals surface area contributed by atoms with E-state index in [0.717, 1.165) is 60.3 Å². The molecule has 0 aliphatic carbocycles. The molecule has 6 nitrogen and oxygen atoms in total. The van der Waals surface area contributed by atoms with Crippen molar-refractivity contribution in [2.75, 3.05) is 25.1 Å². The van der Waals surface area contributed by atoms with Gasteiger partial charge in [0.05, 0.1) is 23.9 Å². The minimum Gasteiger partial charge on any atom is -0.497 e. The number of nitrogens with one attached hydrogen (secondary N) is 1. The third-order valence-electron chi connectivity index (χ3n) is 6.22. The number of carbonyl (C=O) groups excluding carboxylic acids is 1. The van der Waals surface area contributed by atoms with Gasteiger partial charge >= 0.3 is 0 Å². The lowest BCUT2D eigenvalue weighted by Gasteiger charge is -2.34. The Balaban J connectivity index is 1.45. The van der Waals surface area contributed by atoms with E-state index in [2.05, 4.69) is 40.3 Å². The molecule has 1 aromatic heterocycles. The summed E-state index contributed by atoms with van der Waals surface area (Å²) in [7, 11) is 1.64. The summed E-state index contributed by atoms with van der Waals surface area (Å²) < 4.78 is 5.25. The van der Waals surface area contributed by atoms with E-state index in [0.29, 0.717) is 12.1 Å². The van der Waals surface area contributed by atoms with Gasteiger partial charge in [-0.3, -0.25) is 9.78 Å². The van der Waals surface area contributed by atoms with Crippen LogP contribution in [0.15, 0.2) is 48.7 Å². The van der Waals surface area contributed by atoms with Gasteiger partial charge in [0, 0.05) is 37.1 Å². The summed E-state index contributed by atoms with van der Waals surface area (Å²) in [6.07, 6.45) is 4.11. The molecule has 6 heteroatoms. The largest absolute Gasteiger partial charge is 0.497 e. The number of amides is 1. The summed E-state index contributed by atoms with van der Waals surface area (Å²) in [5.74, 6) is 0.844. The Morgan fingerprint density at radius 2 is 2.03 bits per heavy atom. The molecule has 1 amide bonds. The molecule has 1 aliphatic heterocycles. The van der Waals surface area contributed by atoms with Crippen molar-refractivity contribution in [2.24, 2.45) is 5.92 Å². The predicted molar refractivity (Wildman–Crippen MR) is 126 cm³/mol. The number of hydrogen-bond acceptors (Lipinski definition) is 5. The van der Waals surface area contributed by atoms with Gasteiger partial charge < -0.3 is 15.0 Å². The van der Waals surface area contributed by atoms with Crippen molar-refractivity contribution in [3.63, 3.8) is 0 Å². The number of methoxy groups -OCH3 is 1. The van der Waals surface area contributed by atoms with Crippen LogP contribution in [0.1, 0.15) is 36.5 Å². The number of anilines is 1. The minimum absolute atomic E-state index is 0.0262. The summed E-state index contributed by atoms with van der Waals surface area (Å²) in [5, 5.41) is 13.8. The average molecular weight is 429 g/mol. The zero-order chi connectivity index (χ0) is 22.5. The first-order valence-corrected chi connectivity index (χ1v) is 11.1. The van der Waals surface area contributed by atoms with Crippen LogP contribution >= 0.6 is 0 Å². The second kappa shape index (κ2) is 9.69. The summed E-state index contributed by atoms with van der Waals surface area (Å²) in [6, 6.07) is 16.3. The third kappa shape index (κ3) is 4.52. The highest BCUT2D eigenvalue weighted by molar-refractivity contribution is 5.95. The number of fused-ring (bicyclic) bond motifs is 1. The number of carbonyl (C=O) groups is 1. The molecule has 0 atom stereocenters. The summed E-state index contributed by atoms with van der Waals surface area (Å²) in [5.41, 5.74) is 4.68. The van der Waals surface area contributed by atoms with Crippen molar-refractivity contribution in [2.45, 2.75) is 32.7 Å². The van der Waals surface area contributed by atoms with Crippen LogP contribution in [0.3, 0.4) is 0 Å². The Labute approximate surface area is 188 Å². The molecule has 1 aliphatic rings. The Morgan fingerprint density at radius 1 is 1.22 bits per heavy atom. The van der Waals surface area contributed by atoms with E-state index in [1.807, 2.05) is 30.3 Å². The maximum atomic E-state index is 12.8. The lowest BCUT2D eigenvalue weighted by Crippen LogP contribution is -2.40. The smallest absolute Gasteiger partial charge is 0.223 e. The zero-order valence-corrected chi connectivity index (χ0v) is 18.6. The van der Waals surface area contributed by atoms with E-state index in [9.17, 15) is 10.1 Å². The average Bonchev–Trinajstić information content (AvgIpc) is 2.86. The van der Waals surface area contributed by atoms with Crippen LogP contribution < -0.4 is 15.0 Å². The first kappa shape index (κ1) is 21.6. The fraction of sp³-hybridized carbons (Fsp3) is 0.346. The van der Waals surface area contributed by atoms with E-state index >= 15 is 0 Å². The molecule has 3 aromatic rings. The normalized spacial score (nSPS) is 14.2. The number of nitriles is 1. The number of hydrogen-bond donors (Lipinski definition) is 1. The van der Waals surface area contributed by atoms with E-state index in [1.165, 1.54) is 5.56 Å². The molecule has 0 bridgehead atoms. The minimum atomic E-state index is -0.0262. The molecular formula is C26H28N4O2. The van der Waals surface area contributed by atoms with E-state index < -0.39 is 0 Å². The van der Waals surface area contributed by atoms with Crippen LogP contribution in [0, 0.1) is 17.2 Å². The first-order valence-electron chi connectivity index (χ1n) is 11.1. The summed E-state index contributed by atoms with van der Waals surface area (Å²) in [4.78, 5) is 19.5. The third-order valence-corrected chi connectivity index (χ3v) is 6.22. The van der Waals surface area contributed by atoms with E-state index in [1.54, 1.807) is 13.3 Å². The number of ether oxygens (including phenoxy) is 1. The van der Waals surface area contributed by atoms with Gasteiger partial charge in [-0.2, -0.15) is 5.26 Å². The molecule has 1 fully saturated rings. The number of aryl methyl sites for hydroxylation is 1. The molecule has 0 unspecified atom stereocenters. The quantitative estimate of drug-likeness (QED) is 0.636. The van der Waals surface area contributed by atoms with Crippen LogP contribution in [0.25, 0.3) is 10.9 Å². The molecule has 4 rings (SSSR count). The molecule has 1 saturated heterocycles. The van der Waals surface area contributed by atoms with Gasteiger partial charge in [-0.15, -0.1) is 0 Å². The molecule has 32 heavy (non-hydrogen) atoms. The molecule has 164 valence electrons. The van der Waals surface area contributed by atoms with Crippen molar-refractivity contribution in [1.29, 1.82) is 5.26 Å². The maximum absolute atomic E-state index is 12.8. The topological polar surface area (TPSA) is 78.2 Å². The molecule has 1 N–H and O–H groups in total. The van der Waals surface area contributed by atoms with Gasteiger partial charge in [-0.25, -0.2) is 0 Å². The van der Waals surface area contributed by atoms with Crippen LogP contribution in [-0.2, 0) is 17.8 Å². The number of aromatic nitrogens is 1. The second-order valence-electron chi connectivity index (χ2n) is 8.17. The van der Waals surface area contributed by atoms with E-state index in [-0.39, 0.29) is 11.8 Å². The molecule has 2 aromatic carbocycles. The van der Waals surface area contributed by atoms with Gasteiger partial charge in [-0.05, 0) is 54.7 Å². The standard InChI is InChI=1S/C26H28N4O2/c1-3-18-7-8-24-23(14-18)25(21(15-27)17-28-24)30-11-9-20(10-12-30)26(31)29-16-19-5-4-6-22(13-19)32-2/h4-8,13-14,17,20H,3,9-12,16H2,1-2H3,(H,29,31). The summed E-state index contributed by atoms with van der Waals surface area (Å²) >= 11 is 0. The number of benzene rings is 2. The van der Waals surface area contributed by atoms with Crippen molar-refractivity contribution in [3.8, 4) is 11.8 Å². The van der Waals surface area contributed by atoms with Crippen molar-refractivity contribution < 1.29 is 9.53 Å². The lowest BCUT2D eigenvalue weighted by molar-refractivity contribution is -0.125. The Hall–Kier alpha value is -3.59. The fourth-order valence-electron chi connectivity index (χ4n) is 4.35. The Kier molecular flexibility index (Phi) is 6.55. The van der Waals surface area contributed by atoms with Gasteiger partial charge in [0.25, 0.3) is 0 Å². The molecule has 0 radical (unpaired) electrons. The van der Waals surface area contributed by atoms with Crippen molar-refractivity contribution in [3.05, 3.63) is 65.4 Å². The Bertz CT molecular complexity index is 1160. The highest BCUT2D eigenvalue weighted by Crippen LogP contribution is 2.33. The van der Waals surface area contributed by atoms with Gasteiger partial charge in [0.1, 0.15) is 11.8 Å². The first-order chi connectivity index (χ1) is 15.6. The van der Waals surface area contributed by atoms with Crippen LogP contribution in [0.5, 0.6) is 5.75 Å². The number of pyridine rings is 1. The van der Waals surface area contributed by atoms with E-state index in [4.69, 9.17) is 4.74 Å². The predicted octanol–water partition coefficient (Wildman–Crippen LogP) is 4.21. The maximum Gasteiger partial charge on any atom is 0.223 e. The monoisotopic (exact) mass is 428 g/mol. The SMILES string of the molecule is CCc1ccc2ncc(C#N)c(N3CCC(C(=O)NCc4cccc(OC)c4)CC3)c2c1. The molecule has 0 spiro atoms. The molecule has 2 heterocycles. The zero-order valence-electron chi connectivity index (χ0n) is 18.6. The number of nitrogens with zero attached hydrogens (tertiary/aromatic N) is 3. The van der Waals surface area contributed by atoms with Gasteiger partial charge in [-0.1, -0.05) is 25.1 Å². The number of piperidine rings is 1. The van der Waals surface area contributed by atoms with Crippen molar-refractivity contribution >= 4 is 22.5 Å². The number of rotatable bonds is 6. The highest BCUT2D eigenvalue weighted by Gasteiger charge is 2.27. The van der Waals surface area contributed by atoms with Crippen LogP contribution in [-0.4, -0.2) is 31.1 Å². The lowest BCUT2D eigenvalue weighted by atomic mass is 9.94.